The van der Waals surface area contributed by atoms with E-state index < -0.39 is 0 Å². The zero-order chi connectivity index (χ0) is 28.1. The Bertz CT molecular complexity index is 1690. The molecule has 2 aromatic carbocycles. The van der Waals surface area contributed by atoms with Crippen molar-refractivity contribution in [3.05, 3.63) is 82.8 Å². The number of nitriles is 1. The summed E-state index contributed by atoms with van der Waals surface area (Å²) in [5, 5.41) is 21.6. The number of carbonyl (C=O) groups is 1. The molecule has 2 aliphatic carbocycles. The molecule has 3 heterocycles. The van der Waals surface area contributed by atoms with Crippen molar-refractivity contribution in [1.29, 1.82) is 5.26 Å². The Labute approximate surface area is 240 Å². The number of aromatic nitrogens is 4. The summed E-state index contributed by atoms with van der Waals surface area (Å²) in [5.41, 5.74) is 7.21. The molecule has 1 N–H and O–H groups in total. The monoisotopic (exact) mass is 543 g/mol. The summed E-state index contributed by atoms with van der Waals surface area (Å²) < 4.78 is 1.85. The van der Waals surface area contributed by atoms with Gasteiger partial charge in [0.1, 0.15) is 12.1 Å². The highest BCUT2D eigenvalue weighted by molar-refractivity contribution is 6.10. The fraction of sp³-hybridized carbons (Fsp3) is 0.364. The number of hydrogen-bond donors (Lipinski definition) is 1. The van der Waals surface area contributed by atoms with E-state index in [0.29, 0.717) is 35.7 Å². The highest BCUT2D eigenvalue weighted by Crippen LogP contribution is 2.43. The lowest BCUT2D eigenvalue weighted by atomic mass is 9.80. The molecular formula is C33H33N7O. The van der Waals surface area contributed by atoms with E-state index in [0.717, 1.165) is 64.4 Å². The number of benzene rings is 2. The molecule has 1 aliphatic heterocycles. The summed E-state index contributed by atoms with van der Waals surface area (Å²) in [4.78, 5) is 20.6. The molecule has 0 radical (unpaired) electrons. The molecule has 1 amide bonds. The summed E-state index contributed by atoms with van der Waals surface area (Å²) in [6, 6.07) is 18.8. The smallest absolute Gasteiger partial charge is 0.260 e. The number of pyridine rings is 1. The molecule has 0 spiro atoms. The first-order chi connectivity index (χ1) is 20.0. The van der Waals surface area contributed by atoms with Crippen LogP contribution in [0.3, 0.4) is 0 Å². The third-order valence-electron chi connectivity index (χ3n) is 8.98. The lowest BCUT2D eigenvalue weighted by Gasteiger charge is -2.32. The fourth-order valence-electron chi connectivity index (χ4n) is 6.02. The van der Waals surface area contributed by atoms with Crippen molar-refractivity contribution in [2.24, 2.45) is 13.0 Å². The Balaban J connectivity index is 1.22. The topological polar surface area (TPSA) is 99.7 Å². The Morgan fingerprint density at radius 2 is 1.90 bits per heavy atom. The second-order valence-electron chi connectivity index (χ2n) is 11.8. The number of nitrogens with zero attached hydrogens (tertiary/aromatic N) is 6. The second-order valence-corrected chi connectivity index (χ2v) is 11.8. The number of anilines is 1. The third kappa shape index (κ3) is 4.81. The van der Waals surface area contributed by atoms with Crippen molar-refractivity contribution in [3.63, 3.8) is 0 Å². The van der Waals surface area contributed by atoms with Crippen molar-refractivity contribution in [2.75, 3.05) is 4.90 Å². The molecule has 206 valence electrons. The van der Waals surface area contributed by atoms with E-state index in [4.69, 9.17) is 4.98 Å². The predicted octanol–water partition coefficient (Wildman–Crippen LogP) is 5.73. The molecule has 2 fully saturated rings. The van der Waals surface area contributed by atoms with Crippen LogP contribution in [0.15, 0.2) is 54.9 Å². The Hall–Kier alpha value is -4.35. The Morgan fingerprint density at radius 1 is 1.05 bits per heavy atom. The molecule has 7 rings (SSSR count). The molecule has 4 aromatic rings. The number of nitrogens with one attached hydrogen (secondary N) is 1. The standard InChI is InChI=1S/C33H33N7O/c1-20(23-4-3-5-23)35-17-22-6-8-25-18-40(33(41)28(25)13-22)31-15-26(14-30(37-31)24-9-10-24)27-11-7-21(16-34)12-29(27)32-38-36-19-39(32)2/h6-8,11-15,19-20,23-24,35H,3-5,9-10,17-18H2,1-2H3/t20-/m0/s1. The van der Waals surface area contributed by atoms with E-state index >= 15 is 0 Å². The van der Waals surface area contributed by atoms with E-state index in [9.17, 15) is 10.1 Å². The van der Waals surface area contributed by atoms with Gasteiger partial charge in [-0.25, -0.2) is 4.98 Å². The highest BCUT2D eigenvalue weighted by atomic mass is 16.2. The van der Waals surface area contributed by atoms with E-state index in [-0.39, 0.29) is 5.91 Å². The normalized spacial score (nSPS) is 17.3. The van der Waals surface area contributed by atoms with Crippen LogP contribution in [0.1, 0.15) is 77.7 Å². The van der Waals surface area contributed by atoms with Crippen molar-refractivity contribution >= 4 is 11.7 Å². The molecule has 41 heavy (non-hydrogen) atoms. The SMILES string of the molecule is C[C@H](NCc1ccc2c(c1)C(=O)N(c1cc(-c3ccc(C#N)cc3-c3nncn3C)cc(C3CC3)n1)C2)C1CCC1. The van der Waals surface area contributed by atoms with Gasteiger partial charge in [-0.05, 0) is 91.1 Å². The van der Waals surface area contributed by atoms with Gasteiger partial charge in [-0.1, -0.05) is 24.6 Å². The minimum atomic E-state index is -0.00589. The number of fused-ring (bicyclic) bond motifs is 1. The van der Waals surface area contributed by atoms with Gasteiger partial charge in [-0.3, -0.25) is 9.69 Å². The van der Waals surface area contributed by atoms with Gasteiger partial charge in [0.25, 0.3) is 5.91 Å². The molecular weight excluding hydrogens is 510 g/mol. The van der Waals surface area contributed by atoms with Crippen LogP contribution in [-0.4, -0.2) is 31.7 Å². The zero-order valence-electron chi connectivity index (χ0n) is 23.5. The number of amides is 1. The van der Waals surface area contributed by atoms with Crippen LogP contribution < -0.4 is 10.2 Å². The van der Waals surface area contributed by atoms with Gasteiger partial charge in [0.2, 0.25) is 0 Å². The van der Waals surface area contributed by atoms with Crippen LogP contribution in [0.4, 0.5) is 5.82 Å². The minimum absolute atomic E-state index is 0.00589. The predicted molar refractivity (Wildman–Crippen MR) is 157 cm³/mol. The van der Waals surface area contributed by atoms with E-state index in [2.05, 4.69) is 52.8 Å². The molecule has 1 atom stereocenters. The number of hydrogen-bond acceptors (Lipinski definition) is 6. The van der Waals surface area contributed by atoms with Crippen LogP contribution in [0, 0.1) is 17.2 Å². The fourth-order valence-corrected chi connectivity index (χ4v) is 6.02. The van der Waals surface area contributed by atoms with Crippen LogP contribution >= 0.6 is 0 Å². The third-order valence-corrected chi connectivity index (χ3v) is 8.98. The number of rotatable bonds is 8. The first-order valence-electron chi connectivity index (χ1n) is 14.6. The molecule has 2 aromatic heterocycles. The second kappa shape index (κ2) is 10.2. The van der Waals surface area contributed by atoms with Gasteiger partial charge in [-0.2, -0.15) is 5.26 Å². The molecule has 0 unspecified atom stereocenters. The summed E-state index contributed by atoms with van der Waals surface area (Å²) in [6.07, 6.45) is 7.81. The first-order valence-corrected chi connectivity index (χ1v) is 14.6. The average molecular weight is 544 g/mol. The number of aryl methyl sites for hydroxylation is 1. The first kappa shape index (κ1) is 25.6. The van der Waals surface area contributed by atoms with Gasteiger partial charge in [0.05, 0.1) is 18.2 Å². The minimum Gasteiger partial charge on any atom is -0.317 e. The molecule has 3 aliphatic rings. The summed E-state index contributed by atoms with van der Waals surface area (Å²) in [7, 11) is 1.89. The maximum atomic E-state index is 13.8. The molecule has 8 nitrogen and oxygen atoms in total. The zero-order valence-corrected chi connectivity index (χ0v) is 23.5. The van der Waals surface area contributed by atoms with E-state index in [1.54, 1.807) is 11.2 Å². The van der Waals surface area contributed by atoms with Crippen molar-refractivity contribution in [2.45, 2.75) is 64.1 Å². The molecule has 0 bridgehead atoms. The van der Waals surface area contributed by atoms with Crippen molar-refractivity contribution in [1.82, 2.24) is 25.1 Å². The summed E-state index contributed by atoms with van der Waals surface area (Å²) >= 11 is 0. The van der Waals surface area contributed by atoms with E-state index in [1.165, 1.54) is 19.3 Å². The van der Waals surface area contributed by atoms with Gasteiger partial charge in [-0.15, -0.1) is 10.2 Å². The average Bonchev–Trinajstić information content (AvgIpc) is 3.65. The maximum absolute atomic E-state index is 13.8. The van der Waals surface area contributed by atoms with Gasteiger partial charge < -0.3 is 9.88 Å². The van der Waals surface area contributed by atoms with Crippen molar-refractivity contribution in [3.8, 4) is 28.6 Å². The van der Waals surface area contributed by atoms with Crippen LogP contribution in [0.5, 0.6) is 0 Å². The van der Waals surface area contributed by atoms with E-state index in [1.807, 2.05) is 35.9 Å². The molecule has 0 saturated heterocycles. The Morgan fingerprint density at radius 3 is 2.61 bits per heavy atom. The highest BCUT2D eigenvalue weighted by Gasteiger charge is 2.33. The lowest BCUT2D eigenvalue weighted by molar-refractivity contribution is 0.0996. The summed E-state index contributed by atoms with van der Waals surface area (Å²) in [6.45, 7) is 3.54. The summed E-state index contributed by atoms with van der Waals surface area (Å²) in [5.74, 6) is 2.51. The maximum Gasteiger partial charge on any atom is 0.260 e. The molecule has 8 heteroatoms. The van der Waals surface area contributed by atoms with Gasteiger partial charge in [0.15, 0.2) is 5.82 Å². The van der Waals surface area contributed by atoms with Crippen LogP contribution in [0.25, 0.3) is 22.5 Å². The largest absolute Gasteiger partial charge is 0.317 e. The van der Waals surface area contributed by atoms with Gasteiger partial charge in [0, 0.05) is 42.4 Å². The van der Waals surface area contributed by atoms with Crippen LogP contribution in [-0.2, 0) is 20.1 Å². The lowest BCUT2D eigenvalue weighted by Crippen LogP contribution is -2.36. The Kier molecular flexibility index (Phi) is 6.40. The number of carbonyl (C=O) groups excluding carboxylic acids is 1. The van der Waals surface area contributed by atoms with Gasteiger partial charge >= 0.3 is 0 Å². The van der Waals surface area contributed by atoms with Crippen LogP contribution in [0.2, 0.25) is 0 Å². The van der Waals surface area contributed by atoms with Crippen molar-refractivity contribution < 1.29 is 4.79 Å². The quantitative estimate of drug-likeness (QED) is 0.305. The molecule has 2 saturated carbocycles.